The summed E-state index contributed by atoms with van der Waals surface area (Å²) in [5.41, 5.74) is 6.16. The highest BCUT2D eigenvalue weighted by molar-refractivity contribution is 7.21. The summed E-state index contributed by atoms with van der Waals surface area (Å²) < 4.78 is 8.44. The maximum atomic E-state index is 12.2. The van der Waals surface area contributed by atoms with Crippen LogP contribution in [0, 0.1) is 0 Å². The summed E-state index contributed by atoms with van der Waals surface area (Å²) >= 11 is 1.55. The molecule has 28 heavy (non-hydrogen) atoms. The van der Waals surface area contributed by atoms with Crippen molar-refractivity contribution < 1.29 is 14.6 Å². The van der Waals surface area contributed by atoms with Gasteiger partial charge in [0.1, 0.15) is 4.88 Å². The molecule has 1 saturated carbocycles. The van der Waals surface area contributed by atoms with Gasteiger partial charge in [0.15, 0.2) is 0 Å². The quantitative estimate of drug-likeness (QED) is 0.613. The molecule has 0 amide bonds. The Hall–Kier alpha value is -2.11. The molecule has 0 saturated heterocycles. The number of aliphatic hydroxyl groups is 1. The van der Waals surface area contributed by atoms with Crippen LogP contribution >= 0.6 is 11.3 Å². The van der Waals surface area contributed by atoms with Gasteiger partial charge in [-0.1, -0.05) is 43.5 Å². The molecule has 2 aliphatic rings. The van der Waals surface area contributed by atoms with E-state index < -0.39 is 6.10 Å². The number of thiophene rings is 1. The van der Waals surface area contributed by atoms with Gasteiger partial charge < -0.3 is 14.4 Å². The second kappa shape index (κ2) is 7.05. The summed E-state index contributed by atoms with van der Waals surface area (Å²) in [6.07, 6.45) is 6.45. The third kappa shape index (κ3) is 2.80. The summed E-state index contributed by atoms with van der Waals surface area (Å²) in [6.45, 7) is 0.560. The van der Waals surface area contributed by atoms with Gasteiger partial charge in [-0.3, -0.25) is 0 Å². The van der Waals surface area contributed by atoms with Crippen LogP contribution in [0.3, 0.4) is 0 Å². The van der Waals surface area contributed by atoms with E-state index in [1.165, 1.54) is 66.3 Å². The lowest BCUT2D eigenvalue weighted by Crippen LogP contribution is -2.16. The molecule has 1 aliphatic heterocycles. The zero-order valence-corrected chi connectivity index (χ0v) is 16.9. The van der Waals surface area contributed by atoms with E-state index in [2.05, 4.69) is 28.8 Å². The molecule has 1 atom stereocenters. The number of carbonyl (C=O) groups excluding carboxylic acids is 1. The Morgan fingerprint density at radius 2 is 2.00 bits per heavy atom. The van der Waals surface area contributed by atoms with E-state index in [4.69, 9.17) is 4.74 Å². The average molecular weight is 396 g/mol. The summed E-state index contributed by atoms with van der Waals surface area (Å²) in [5, 5.41) is 10.7. The smallest absolute Gasteiger partial charge is 0.348 e. The minimum atomic E-state index is -0.432. The fourth-order valence-electron chi connectivity index (χ4n) is 5.06. The largest absolute Gasteiger partial charge is 0.465 e. The van der Waals surface area contributed by atoms with Gasteiger partial charge >= 0.3 is 5.97 Å². The first-order valence-electron chi connectivity index (χ1n) is 10.2. The molecule has 3 aromatic rings. The Balaban J connectivity index is 1.81. The molecule has 1 N–H and O–H groups in total. The lowest BCUT2D eigenvalue weighted by molar-refractivity contribution is 0.0606. The molecule has 0 spiro atoms. The standard InChI is InChI=1S/C23H25NO3S/c1-27-23(26)19-12-18-22(28-19)20(14-7-3-2-4-8-14)21-17-10-6-5-9-15(17)11-16(25)13-24(18)21/h5-6,9-10,12,14,16,25H,2-4,7-8,11,13H2,1H3. The molecule has 1 aliphatic carbocycles. The van der Waals surface area contributed by atoms with E-state index in [-0.39, 0.29) is 5.97 Å². The van der Waals surface area contributed by atoms with Crippen molar-refractivity contribution in [2.24, 2.45) is 0 Å². The Bertz CT molecular complexity index is 1040. The van der Waals surface area contributed by atoms with E-state index >= 15 is 0 Å². The minimum absolute atomic E-state index is 0.278. The molecule has 0 radical (unpaired) electrons. The van der Waals surface area contributed by atoms with Crippen LogP contribution in [-0.4, -0.2) is 28.9 Å². The average Bonchev–Trinajstić information content (AvgIpc) is 3.22. The molecule has 5 heteroatoms. The molecule has 0 bridgehead atoms. The lowest BCUT2D eigenvalue weighted by atomic mass is 9.82. The van der Waals surface area contributed by atoms with Crippen LogP contribution in [0.1, 0.15) is 58.8 Å². The normalized spacial score (nSPS) is 19.9. The first-order valence-corrected chi connectivity index (χ1v) is 11.0. The first kappa shape index (κ1) is 18.0. The summed E-state index contributed by atoms with van der Waals surface area (Å²) in [6, 6.07) is 10.4. The number of methoxy groups -OCH3 is 1. The monoisotopic (exact) mass is 395 g/mol. The molecule has 1 fully saturated rings. The third-order valence-corrected chi connectivity index (χ3v) is 7.43. The van der Waals surface area contributed by atoms with E-state index in [0.717, 1.165) is 5.52 Å². The van der Waals surface area contributed by atoms with E-state index in [9.17, 15) is 9.90 Å². The van der Waals surface area contributed by atoms with Gasteiger partial charge in [-0.15, -0.1) is 11.3 Å². The van der Waals surface area contributed by atoms with Gasteiger partial charge in [0.05, 0.1) is 29.1 Å². The Morgan fingerprint density at radius 1 is 1.21 bits per heavy atom. The van der Waals surface area contributed by atoms with Crippen LogP contribution in [0.2, 0.25) is 0 Å². The number of aromatic nitrogens is 1. The van der Waals surface area contributed by atoms with Crippen molar-refractivity contribution in [3.63, 3.8) is 0 Å². The third-order valence-electron chi connectivity index (χ3n) is 6.29. The van der Waals surface area contributed by atoms with Crippen molar-refractivity contribution in [3.05, 3.63) is 46.3 Å². The Labute approximate surface area is 168 Å². The SMILES string of the molecule is COC(=O)c1cc2c(s1)c(C1CCCCC1)c1n2CC(O)Cc2ccccc2-1. The molecular formula is C23H25NO3S. The van der Waals surface area contributed by atoms with E-state index in [1.807, 2.05) is 6.07 Å². The maximum absolute atomic E-state index is 12.2. The van der Waals surface area contributed by atoms with Crippen molar-refractivity contribution >= 4 is 27.5 Å². The molecule has 146 valence electrons. The second-order valence-corrected chi connectivity index (χ2v) is 9.09. The van der Waals surface area contributed by atoms with Crippen molar-refractivity contribution in [2.75, 3.05) is 7.11 Å². The van der Waals surface area contributed by atoms with Crippen molar-refractivity contribution in [1.82, 2.24) is 4.57 Å². The molecule has 3 heterocycles. The van der Waals surface area contributed by atoms with Crippen LogP contribution in [0.25, 0.3) is 21.5 Å². The number of hydrogen-bond donors (Lipinski definition) is 1. The number of esters is 1. The van der Waals surface area contributed by atoms with Crippen molar-refractivity contribution in [2.45, 2.75) is 57.1 Å². The number of ether oxygens (including phenoxy) is 1. The predicted octanol–water partition coefficient (Wildman–Crippen LogP) is 5.12. The van der Waals surface area contributed by atoms with Gasteiger partial charge in [-0.25, -0.2) is 4.79 Å². The van der Waals surface area contributed by atoms with Crippen molar-refractivity contribution in [1.29, 1.82) is 0 Å². The molecule has 2 aromatic heterocycles. The van der Waals surface area contributed by atoms with Crippen LogP contribution in [0.5, 0.6) is 0 Å². The predicted molar refractivity (Wildman–Crippen MR) is 112 cm³/mol. The highest BCUT2D eigenvalue weighted by atomic mass is 32.1. The number of nitrogens with zero attached hydrogens (tertiary/aromatic N) is 1. The summed E-state index contributed by atoms with van der Waals surface area (Å²) in [7, 11) is 1.43. The molecule has 1 aromatic carbocycles. The number of carbonyl (C=O) groups is 1. The van der Waals surface area contributed by atoms with Gasteiger partial charge in [-0.05, 0) is 36.0 Å². The molecular weight excluding hydrogens is 370 g/mol. The van der Waals surface area contributed by atoms with Gasteiger partial charge in [0, 0.05) is 18.5 Å². The van der Waals surface area contributed by atoms with E-state index in [1.54, 1.807) is 11.3 Å². The van der Waals surface area contributed by atoms with Gasteiger partial charge in [-0.2, -0.15) is 0 Å². The van der Waals surface area contributed by atoms with Crippen LogP contribution in [0.4, 0.5) is 0 Å². The zero-order valence-electron chi connectivity index (χ0n) is 16.1. The van der Waals surface area contributed by atoms with Gasteiger partial charge in [0.25, 0.3) is 0 Å². The van der Waals surface area contributed by atoms with Crippen molar-refractivity contribution in [3.8, 4) is 11.3 Å². The number of fused-ring (bicyclic) bond motifs is 5. The Kier molecular flexibility index (Phi) is 4.52. The molecule has 5 rings (SSSR count). The fraction of sp³-hybridized carbons (Fsp3) is 0.435. The lowest BCUT2D eigenvalue weighted by Gasteiger charge is -2.23. The first-order chi connectivity index (χ1) is 13.7. The van der Waals surface area contributed by atoms with Crippen LogP contribution < -0.4 is 0 Å². The summed E-state index contributed by atoms with van der Waals surface area (Å²) in [4.78, 5) is 12.8. The van der Waals surface area contributed by atoms with Crippen LogP contribution in [0.15, 0.2) is 30.3 Å². The number of hydrogen-bond acceptors (Lipinski definition) is 4. The minimum Gasteiger partial charge on any atom is -0.465 e. The maximum Gasteiger partial charge on any atom is 0.348 e. The highest BCUT2D eigenvalue weighted by Crippen LogP contribution is 2.48. The second-order valence-electron chi connectivity index (χ2n) is 8.04. The molecule has 1 unspecified atom stereocenters. The highest BCUT2D eigenvalue weighted by Gasteiger charge is 2.32. The number of benzene rings is 1. The topological polar surface area (TPSA) is 51.5 Å². The fourth-order valence-corrected chi connectivity index (χ4v) is 6.26. The molecule has 4 nitrogen and oxygen atoms in total. The van der Waals surface area contributed by atoms with Crippen LogP contribution in [-0.2, 0) is 17.7 Å². The van der Waals surface area contributed by atoms with Gasteiger partial charge in [0.2, 0.25) is 0 Å². The summed E-state index contributed by atoms with van der Waals surface area (Å²) in [5.74, 6) is 0.236. The number of rotatable bonds is 2. The zero-order chi connectivity index (χ0) is 19.3. The Morgan fingerprint density at radius 3 is 2.79 bits per heavy atom. The van der Waals surface area contributed by atoms with E-state index in [0.29, 0.717) is 23.8 Å². The number of aliphatic hydroxyl groups excluding tert-OH is 1.